The van der Waals surface area contributed by atoms with Crippen LogP contribution in [0.15, 0.2) is 85.2 Å². The molecule has 0 aliphatic rings. The summed E-state index contributed by atoms with van der Waals surface area (Å²) in [6, 6.07) is 22.2. The number of rotatable bonds is 4. The lowest BCUT2D eigenvalue weighted by Gasteiger charge is -2.24. The van der Waals surface area contributed by atoms with E-state index in [4.69, 9.17) is 9.97 Å². The Morgan fingerprint density at radius 2 is 1.32 bits per heavy atom. The molecule has 0 N–H and O–H groups in total. The van der Waals surface area contributed by atoms with Gasteiger partial charge in [-0.3, -0.25) is 15.0 Å². The molecule has 4 rings (SSSR count). The molecule has 0 bridgehead atoms. The molecule has 4 heteroatoms. The van der Waals surface area contributed by atoms with Gasteiger partial charge in [0, 0.05) is 28.9 Å². The molecule has 0 spiro atoms. The summed E-state index contributed by atoms with van der Waals surface area (Å²) in [5.41, 5.74) is 4.73. The van der Waals surface area contributed by atoms with Gasteiger partial charge in [-0.1, -0.05) is 24.3 Å². The third-order valence-electron chi connectivity index (χ3n) is 4.86. The minimum absolute atomic E-state index is 0.269. The molecule has 3 heterocycles. The van der Waals surface area contributed by atoms with E-state index in [1.807, 2.05) is 60.8 Å². The molecule has 1 aromatic carbocycles. The van der Waals surface area contributed by atoms with Crippen molar-refractivity contribution in [1.82, 2.24) is 15.0 Å². The van der Waals surface area contributed by atoms with E-state index in [0.29, 0.717) is 0 Å². The van der Waals surface area contributed by atoms with Crippen molar-refractivity contribution in [3.05, 3.63) is 102 Å². The van der Waals surface area contributed by atoms with Gasteiger partial charge >= 0.3 is 0 Å². The van der Waals surface area contributed by atoms with Crippen LogP contribution < -0.4 is 0 Å². The van der Waals surface area contributed by atoms with Gasteiger partial charge < -0.3 is 0 Å². The molecule has 0 radical (unpaired) electrons. The van der Waals surface area contributed by atoms with E-state index in [9.17, 15) is 4.39 Å². The monoisotopic (exact) mass is 369 g/mol. The van der Waals surface area contributed by atoms with E-state index in [1.165, 1.54) is 12.1 Å². The second-order valence-electron chi connectivity index (χ2n) is 7.19. The van der Waals surface area contributed by atoms with E-state index in [1.54, 1.807) is 12.3 Å². The van der Waals surface area contributed by atoms with Gasteiger partial charge in [0.05, 0.1) is 22.8 Å². The van der Waals surface area contributed by atoms with Crippen molar-refractivity contribution in [2.24, 2.45) is 0 Å². The van der Waals surface area contributed by atoms with Crippen molar-refractivity contribution >= 4 is 0 Å². The number of halogens is 1. The van der Waals surface area contributed by atoms with Crippen LogP contribution in [0.4, 0.5) is 4.39 Å². The maximum atomic E-state index is 13.6. The fourth-order valence-corrected chi connectivity index (χ4v) is 3.18. The lowest BCUT2D eigenvalue weighted by molar-refractivity contribution is 0.596. The molecule has 4 aromatic rings. The zero-order chi connectivity index (χ0) is 19.6. The Morgan fingerprint density at radius 1 is 0.714 bits per heavy atom. The van der Waals surface area contributed by atoms with Crippen molar-refractivity contribution < 1.29 is 4.39 Å². The van der Waals surface area contributed by atoms with Gasteiger partial charge in [0.25, 0.3) is 0 Å². The topological polar surface area (TPSA) is 38.7 Å². The summed E-state index contributed by atoms with van der Waals surface area (Å²) in [5.74, 6) is -0.269. The predicted octanol–water partition coefficient (Wildman–Crippen LogP) is 5.67. The summed E-state index contributed by atoms with van der Waals surface area (Å²) in [5, 5.41) is 0. The zero-order valence-electron chi connectivity index (χ0n) is 15.8. The summed E-state index contributed by atoms with van der Waals surface area (Å²) < 4.78 is 13.6. The van der Waals surface area contributed by atoms with Crippen molar-refractivity contribution in [2.75, 3.05) is 0 Å². The van der Waals surface area contributed by atoms with Gasteiger partial charge in [-0.15, -0.1) is 0 Å². The highest BCUT2D eigenvalue weighted by atomic mass is 19.1. The Bertz CT molecular complexity index is 1110. The van der Waals surface area contributed by atoms with E-state index in [0.717, 1.165) is 33.9 Å². The lowest BCUT2D eigenvalue weighted by Crippen LogP contribution is -2.22. The molecule has 0 saturated carbocycles. The molecule has 0 aliphatic carbocycles. The normalized spacial score (nSPS) is 11.4. The molecule has 0 fully saturated rings. The fourth-order valence-electron chi connectivity index (χ4n) is 3.18. The summed E-state index contributed by atoms with van der Waals surface area (Å²) in [6.45, 7) is 4.19. The molecule has 0 aliphatic heterocycles. The minimum atomic E-state index is -0.415. The van der Waals surface area contributed by atoms with Gasteiger partial charge in [-0.25, -0.2) is 4.39 Å². The Hall–Kier alpha value is -3.40. The molecule has 0 unspecified atom stereocenters. The summed E-state index contributed by atoms with van der Waals surface area (Å²) in [6.07, 6.45) is 3.56. The number of pyridine rings is 3. The van der Waals surface area contributed by atoms with Crippen molar-refractivity contribution in [3.63, 3.8) is 0 Å². The summed E-state index contributed by atoms with van der Waals surface area (Å²) >= 11 is 0. The Labute approximate surface area is 164 Å². The van der Waals surface area contributed by atoms with Crippen LogP contribution in [0.2, 0.25) is 0 Å². The third-order valence-corrected chi connectivity index (χ3v) is 4.86. The smallest absolute Gasteiger partial charge is 0.123 e. The maximum Gasteiger partial charge on any atom is 0.123 e. The molecule has 3 aromatic heterocycles. The number of nitrogens with zero attached hydrogens (tertiary/aromatic N) is 3. The molecule has 3 nitrogen and oxygen atoms in total. The molecule has 138 valence electrons. The van der Waals surface area contributed by atoms with Crippen LogP contribution in [0.5, 0.6) is 0 Å². The van der Waals surface area contributed by atoms with Crippen molar-refractivity contribution in [3.8, 4) is 22.5 Å². The highest BCUT2D eigenvalue weighted by molar-refractivity contribution is 5.60. The van der Waals surface area contributed by atoms with Crippen LogP contribution >= 0.6 is 0 Å². The number of aromatic nitrogens is 3. The zero-order valence-corrected chi connectivity index (χ0v) is 15.8. The van der Waals surface area contributed by atoms with Gasteiger partial charge in [0.1, 0.15) is 5.82 Å². The maximum absolute atomic E-state index is 13.6. The van der Waals surface area contributed by atoms with E-state index >= 15 is 0 Å². The molecular weight excluding hydrogens is 349 g/mol. The first-order valence-corrected chi connectivity index (χ1v) is 9.15. The predicted molar refractivity (Wildman–Crippen MR) is 109 cm³/mol. The number of hydrogen-bond acceptors (Lipinski definition) is 3. The standard InChI is InChI=1S/C24H20FN3/c1-24(2,23-13-5-11-21(28-23)18-8-6-14-26-16-18)22-12-4-10-20(27-22)17-7-3-9-19(25)15-17/h3-16H,1-2H3. The molecule has 0 atom stereocenters. The first kappa shape index (κ1) is 18.0. The first-order valence-electron chi connectivity index (χ1n) is 9.15. The van der Waals surface area contributed by atoms with E-state index in [-0.39, 0.29) is 5.82 Å². The highest BCUT2D eigenvalue weighted by Gasteiger charge is 2.27. The van der Waals surface area contributed by atoms with Crippen LogP contribution in [0.3, 0.4) is 0 Å². The third kappa shape index (κ3) is 3.54. The van der Waals surface area contributed by atoms with Gasteiger partial charge in [0.2, 0.25) is 0 Å². The van der Waals surface area contributed by atoms with Crippen molar-refractivity contribution in [1.29, 1.82) is 0 Å². The highest BCUT2D eigenvalue weighted by Crippen LogP contribution is 2.31. The average molecular weight is 369 g/mol. The minimum Gasteiger partial charge on any atom is -0.264 e. The summed E-state index contributed by atoms with van der Waals surface area (Å²) in [4.78, 5) is 13.9. The molecule has 28 heavy (non-hydrogen) atoms. The van der Waals surface area contributed by atoms with Crippen LogP contribution in [0.1, 0.15) is 25.2 Å². The van der Waals surface area contributed by atoms with Gasteiger partial charge in [0.15, 0.2) is 0 Å². The number of benzene rings is 1. The molecule has 0 amide bonds. The second-order valence-corrected chi connectivity index (χ2v) is 7.19. The van der Waals surface area contributed by atoms with Gasteiger partial charge in [-0.2, -0.15) is 0 Å². The Kier molecular flexibility index (Phi) is 4.70. The quantitative estimate of drug-likeness (QED) is 0.465. The SMILES string of the molecule is CC(C)(c1cccc(-c2cccnc2)n1)c1cccc(-c2cccc(F)c2)n1. The van der Waals surface area contributed by atoms with Crippen LogP contribution in [0.25, 0.3) is 22.5 Å². The largest absolute Gasteiger partial charge is 0.264 e. The van der Waals surface area contributed by atoms with Gasteiger partial charge in [-0.05, 0) is 62.4 Å². The fraction of sp³-hybridized carbons (Fsp3) is 0.125. The molecule has 0 saturated heterocycles. The van der Waals surface area contributed by atoms with Crippen molar-refractivity contribution in [2.45, 2.75) is 19.3 Å². The van der Waals surface area contributed by atoms with Crippen LogP contribution in [0, 0.1) is 5.82 Å². The second kappa shape index (κ2) is 7.31. The van der Waals surface area contributed by atoms with Crippen LogP contribution in [-0.4, -0.2) is 15.0 Å². The lowest BCUT2D eigenvalue weighted by atomic mass is 9.84. The first-order chi connectivity index (χ1) is 13.5. The average Bonchev–Trinajstić information content (AvgIpc) is 2.74. The van der Waals surface area contributed by atoms with E-state index in [2.05, 4.69) is 18.8 Å². The van der Waals surface area contributed by atoms with E-state index < -0.39 is 5.41 Å². The number of hydrogen-bond donors (Lipinski definition) is 0. The Morgan fingerprint density at radius 3 is 1.93 bits per heavy atom. The Balaban J connectivity index is 1.74. The van der Waals surface area contributed by atoms with Crippen LogP contribution in [-0.2, 0) is 5.41 Å². The molecular formula is C24H20FN3. The summed E-state index contributed by atoms with van der Waals surface area (Å²) in [7, 11) is 0.